The SMILES string of the molecule is CCCCCCCCCCCCCCCCCC(=O)OCC(CCOC(=O)[C@@H](N)[C@@H](C)CC)Cc1nc2nc(N)[nH]c(=O)c2[nH]1. The maximum absolute atomic E-state index is 12.5. The average molecular weight is 633 g/mol. The van der Waals surface area contributed by atoms with Gasteiger partial charge in [-0.3, -0.25) is 19.4 Å². The van der Waals surface area contributed by atoms with Gasteiger partial charge in [0.05, 0.1) is 13.2 Å². The molecule has 6 N–H and O–H groups in total. The van der Waals surface area contributed by atoms with Gasteiger partial charge in [-0.1, -0.05) is 117 Å². The van der Waals surface area contributed by atoms with Crippen LogP contribution in [0.3, 0.4) is 0 Å². The Morgan fingerprint density at radius 3 is 1.98 bits per heavy atom. The number of hydrogen-bond donors (Lipinski definition) is 4. The van der Waals surface area contributed by atoms with Crippen LogP contribution in [-0.4, -0.2) is 51.1 Å². The lowest BCUT2D eigenvalue weighted by molar-refractivity contribution is -0.149. The predicted molar refractivity (Wildman–Crippen MR) is 180 cm³/mol. The molecule has 11 heteroatoms. The van der Waals surface area contributed by atoms with Crippen LogP contribution in [0.5, 0.6) is 0 Å². The fourth-order valence-corrected chi connectivity index (χ4v) is 5.42. The zero-order chi connectivity index (χ0) is 32.9. The van der Waals surface area contributed by atoms with Crippen molar-refractivity contribution in [3.05, 3.63) is 16.2 Å². The highest BCUT2D eigenvalue weighted by Crippen LogP contribution is 2.17. The van der Waals surface area contributed by atoms with Crippen LogP contribution >= 0.6 is 0 Å². The topological polar surface area (TPSA) is 179 Å². The van der Waals surface area contributed by atoms with E-state index in [0.717, 1.165) is 25.7 Å². The Morgan fingerprint density at radius 1 is 0.822 bits per heavy atom. The molecule has 0 aromatic carbocycles. The van der Waals surface area contributed by atoms with Crippen molar-refractivity contribution in [2.24, 2.45) is 17.6 Å². The number of nitrogen functional groups attached to an aromatic ring is 1. The number of imidazole rings is 1. The van der Waals surface area contributed by atoms with E-state index < -0.39 is 17.6 Å². The molecule has 0 aliphatic rings. The van der Waals surface area contributed by atoms with Crippen LogP contribution in [0.1, 0.15) is 142 Å². The van der Waals surface area contributed by atoms with E-state index in [0.29, 0.717) is 25.1 Å². The number of nitrogens with one attached hydrogen (secondary N) is 2. The van der Waals surface area contributed by atoms with Crippen molar-refractivity contribution in [1.82, 2.24) is 19.9 Å². The maximum Gasteiger partial charge on any atom is 0.323 e. The molecular formula is C34H60N6O5. The third-order valence-corrected chi connectivity index (χ3v) is 8.67. The number of H-pyrrole nitrogens is 2. The number of fused-ring (bicyclic) bond motifs is 1. The highest BCUT2D eigenvalue weighted by Gasteiger charge is 2.22. The number of anilines is 1. The number of aromatic nitrogens is 4. The molecule has 0 spiro atoms. The van der Waals surface area contributed by atoms with Gasteiger partial charge in [0.15, 0.2) is 11.2 Å². The summed E-state index contributed by atoms with van der Waals surface area (Å²) in [7, 11) is 0. The molecule has 11 nitrogen and oxygen atoms in total. The van der Waals surface area contributed by atoms with E-state index in [1.54, 1.807) is 0 Å². The fourth-order valence-electron chi connectivity index (χ4n) is 5.42. The summed E-state index contributed by atoms with van der Waals surface area (Å²) in [5.74, 6) is -0.356. The van der Waals surface area contributed by atoms with Gasteiger partial charge in [-0.2, -0.15) is 4.98 Å². The quantitative estimate of drug-likeness (QED) is 0.0665. The summed E-state index contributed by atoms with van der Waals surface area (Å²) < 4.78 is 11.1. The second kappa shape index (κ2) is 22.5. The van der Waals surface area contributed by atoms with Crippen LogP contribution in [0, 0.1) is 11.8 Å². The number of aromatic amines is 2. The Labute approximate surface area is 269 Å². The summed E-state index contributed by atoms with van der Waals surface area (Å²) in [5, 5.41) is 0. The zero-order valence-electron chi connectivity index (χ0n) is 28.2. The average Bonchev–Trinajstić information content (AvgIpc) is 3.43. The Bertz CT molecular complexity index is 1170. The summed E-state index contributed by atoms with van der Waals surface area (Å²) in [6.45, 7) is 6.43. The van der Waals surface area contributed by atoms with Crippen LogP contribution in [0.4, 0.5) is 5.95 Å². The molecule has 3 atom stereocenters. The smallest absolute Gasteiger partial charge is 0.323 e. The van der Waals surface area contributed by atoms with Crippen LogP contribution in [0.15, 0.2) is 4.79 Å². The number of esters is 2. The minimum atomic E-state index is -0.681. The number of hydrogen-bond acceptors (Lipinski definition) is 9. The number of rotatable bonds is 26. The standard InChI is InChI=1S/C34H60N6O5/c1-4-6-7-8-9-10-11-12-13-14-15-16-17-18-19-20-28(41)45-24-26(21-22-44-33(43)29(35)25(3)5-2)23-27-37-30-31(38-27)39-34(36)40-32(30)42/h25-26,29H,4-24,35H2,1-3H3,(H4,36,37,38,39,40,42)/t25-,26?,29-/m0/s1. The molecule has 0 bridgehead atoms. The normalized spacial score (nSPS) is 13.5. The van der Waals surface area contributed by atoms with Gasteiger partial charge in [-0.15, -0.1) is 0 Å². The van der Waals surface area contributed by atoms with Crippen molar-refractivity contribution in [2.45, 2.75) is 149 Å². The molecule has 2 rings (SSSR count). The molecule has 2 heterocycles. The number of nitrogens with zero attached hydrogens (tertiary/aromatic N) is 2. The Hall–Kier alpha value is -2.95. The molecule has 0 fully saturated rings. The third kappa shape index (κ3) is 15.7. The van der Waals surface area contributed by atoms with Gasteiger partial charge in [0.25, 0.3) is 5.56 Å². The number of unbranched alkanes of at least 4 members (excludes halogenated alkanes) is 14. The largest absolute Gasteiger partial charge is 0.465 e. The van der Waals surface area contributed by atoms with Crippen molar-refractivity contribution in [3.8, 4) is 0 Å². The minimum absolute atomic E-state index is 0.0145. The molecule has 45 heavy (non-hydrogen) atoms. The summed E-state index contributed by atoms with van der Waals surface area (Å²) in [5.41, 5.74) is 11.7. The molecule has 1 unspecified atom stereocenters. The zero-order valence-corrected chi connectivity index (χ0v) is 28.2. The molecule has 0 saturated heterocycles. The second-order valence-electron chi connectivity index (χ2n) is 12.7. The maximum atomic E-state index is 12.5. The van der Waals surface area contributed by atoms with E-state index in [1.807, 2.05) is 13.8 Å². The van der Waals surface area contributed by atoms with Crippen molar-refractivity contribution < 1.29 is 19.1 Å². The van der Waals surface area contributed by atoms with Crippen LogP contribution in [0.2, 0.25) is 0 Å². The van der Waals surface area contributed by atoms with E-state index in [9.17, 15) is 14.4 Å². The summed E-state index contributed by atoms with van der Waals surface area (Å²) in [6, 6.07) is -0.681. The number of carbonyl (C=O) groups excluding carboxylic acids is 2. The van der Waals surface area contributed by atoms with Crippen molar-refractivity contribution >= 4 is 29.1 Å². The molecule has 256 valence electrons. The molecule has 0 radical (unpaired) electrons. The molecule has 2 aromatic rings. The van der Waals surface area contributed by atoms with Crippen LogP contribution < -0.4 is 17.0 Å². The summed E-state index contributed by atoms with van der Waals surface area (Å²) >= 11 is 0. The van der Waals surface area contributed by atoms with Gasteiger partial charge in [-0.25, -0.2) is 4.98 Å². The monoisotopic (exact) mass is 632 g/mol. The molecular weight excluding hydrogens is 572 g/mol. The van der Waals surface area contributed by atoms with Gasteiger partial charge in [0.2, 0.25) is 5.95 Å². The molecule has 0 amide bonds. The highest BCUT2D eigenvalue weighted by molar-refractivity contribution is 5.75. The van der Waals surface area contributed by atoms with Crippen LogP contribution in [-0.2, 0) is 25.5 Å². The fraction of sp³-hybridized carbons (Fsp3) is 0.794. The van der Waals surface area contributed by atoms with Crippen molar-refractivity contribution in [2.75, 3.05) is 18.9 Å². The van der Waals surface area contributed by atoms with Crippen molar-refractivity contribution in [3.63, 3.8) is 0 Å². The number of ether oxygens (including phenoxy) is 2. The first-order valence-corrected chi connectivity index (χ1v) is 17.6. The van der Waals surface area contributed by atoms with Gasteiger partial charge >= 0.3 is 11.9 Å². The summed E-state index contributed by atoms with van der Waals surface area (Å²) in [6.07, 6.45) is 21.0. The number of carbonyl (C=O) groups is 2. The van der Waals surface area contributed by atoms with E-state index in [2.05, 4.69) is 26.9 Å². The second-order valence-corrected chi connectivity index (χ2v) is 12.7. The first kappa shape index (κ1) is 38.2. The summed E-state index contributed by atoms with van der Waals surface area (Å²) in [4.78, 5) is 51.0. The highest BCUT2D eigenvalue weighted by atomic mass is 16.5. The first-order chi connectivity index (χ1) is 21.7. The van der Waals surface area contributed by atoms with Gasteiger partial charge in [-0.05, 0) is 18.8 Å². The minimum Gasteiger partial charge on any atom is -0.465 e. The van der Waals surface area contributed by atoms with Crippen molar-refractivity contribution in [1.29, 1.82) is 0 Å². The Balaban J connectivity index is 1.69. The van der Waals surface area contributed by atoms with E-state index in [-0.39, 0.29) is 48.1 Å². The van der Waals surface area contributed by atoms with E-state index >= 15 is 0 Å². The molecule has 0 aliphatic heterocycles. The number of nitrogens with two attached hydrogens (primary N) is 2. The van der Waals surface area contributed by atoms with Gasteiger partial charge in [0.1, 0.15) is 11.9 Å². The lowest BCUT2D eigenvalue weighted by Gasteiger charge is -2.19. The van der Waals surface area contributed by atoms with E-state index in [4.69, 9.17) is 20.9 Å². The molecule has 2 aromatic heterocycles. The van der Waals surface area contributed by atoms with Gasteiger partial charge in [0, 0.05) is 18.8 Å². The van der Waals surface area contributed by atoms with Crippen LogP contribution in [0.25, 0.3) is 11.2 Å². The Kier molecular flexibility index (Phi) is 19.1. The lowest BCUT2D eigenvalue weighted by atomic mass is 10.0. The molecule has 0 aliphatic carbocycles. The Morgan fingerprint density at radius 2 is 1.40 bits per heavy atom. The lowest BCUT2D eigenvalue weighted by Crippen LogP contribution is -2.38. The predicted octanol–water partition coefficient (Wildman–Crippen LogP) is 6.50. The molecule has 0 saturated carbocycles. The van der Waals surface area contributed by atoms with E-state index in [1.165, 1.54) is 77.0 Å². The van der Waals surface area contributed by atoms with Gasteiger partial charge < -0.3 is 25.9 Å². The first-order valence-electron chi connectivity index (χ1n) is 17.6. The third-order valence-electron chi connectivity index (χ3n) is 8.67.